The van der Waals surface area contributed by atoms with Crippen molar-refractivity contribution in [2.75, 3.05) is 18.5 Å². The summed E-state index contributed by atoms with van der Waals surface area (Å²) in [7, 11) is 0. The van der Waals surface area contributed by atoms with Gasteiger partial charge in [0.05, 0.1) is 0 Å². The predicted octanol–water partition coefficient (Wildman–Crippen LogP) is 0.410. The number of aromatic nitrogens is 2. The number of hydrogen-bond donors (Lipinski definition) is 2. The van der Waals surface area contributed by atoms with Crippen LogP contribution < -0.4 is 5.32 Å². The molecule has 66 valence electrons. The van der Waals surface area contributed by atoms with E-state index in [9.17, 15) is 4.39 Å². The first-order valence-corrected chi connectivity index (χ1v) is 3.66. The fourth-order valence-corrected chi connectivity index (χ4v) is 0.729. The molecule has 0 aliphatic rings. The minimum atomic E-state index is -0.746. The molecule has 12 heavy (non-hydrogen) atoms. The third-order valence-electron chi connectivity index (χ3n) is 1.27. The summed E-state index contributed by atoms with van der Waals surface area (Å²) in [5, 5.41) is 11.3. The highest BCUT2D eigenvalue weighted by molar-refractivity contribution is 5.31. The zero-order chi connectivity index (χ0) is 8.81. The topological polar surface area (TPSA) is 58.0 Å². The molecular weight excluding hydrogens is 161 g/mol. The van der Waals surface area contributed by atoms with E-state index in [1.807, 2.05) is 0 Å². The van der Waals surface area contributed by atoms with Crippen molar-refractivity contribution in [3.05, 3.63) is 18.3 Å². The Balaban J connectivity index is 2.41. The molecular formula is C7H10FN3O. The Kier molecular flexibility index (Phi) is 3.40. The third-order valence-corrected chi connectivity index (χ3v) is 1.27. The Morgan fingerprint density at radius 3 is 3.08 bits per heavy atom. The summed E-state index contributed by atoms with van der Waals surface area (Å²) < 4.78 is 12.4. The number of rotatable bonds is 4. The highest BCUT2D eigenvalue weighted by Gasteiger charge is 1.95. The second-order valence-electron chi connectivity index (χ2n) is 2.21. The molecule has 0 saturated carbocycles. The molecule has 0 aromatic carbocycles. The largest absolute Gasteiger partial charge is 0.396 e. The molecule has 0 bridgehead atoms. The maximum absolute atomic E-state index is 12.4. The van der Waals surface area contributed by atoms with Gasteiger partial charge < -0.3 is 10.4 Å². The van der Waals surface area contributed by atoms with Gasteiger partial charge >= 0.3 is 6.08 Å². The number of aliphatic hydroxyl groups excluding tert-OH is 1. The van der Waals surface area contributed by atoms with Crippen LogP contribution in [0.2, 0.25) is 0 Å². The van der Waals surface area contributed by atoms with E-state index in [1.54, 1.807) is 6.07 Å². The molecule has 2 N–H and O–H groups in total. The van der Waals surface area contributed by atoms with Crippen LogP contribution in [0.15, 0.2) is 12.3 Å². The Morgan fingerprint density at radius 1 is 1.58 bits per heavy atom. The van der Waals surface area contributed by atoms with Crippen molar-refractivity contribution in [3.63, 3.8) is 0 Å². The van der Waals surface area contributed by atoms with Gasteiger partial charge in [-0.1, -0.05) is 0 Å². The summed E-state index contributed by atoms with van der Waals surface area (Å²) in [5.74, 6) is 0.441. The molecule has 4 nitrogen and oxygen atoms in total. The van der Waals surface area contributed by atoms with E-state index in [4.69, 9.17) is 5.11 Å². The quantitative estimate of drug-likeness (QED) is 0.509. The molecule has 1 heterocycles. The maximum atomic E-state index is 12.4. The first-order valence-electron chi connectivity index (χ1n) is 3.66. The molecule has 0 fully saturated rings. The average molecular weight is 171 g/mol. The van der Waals surface area contributed by atoms with Crippen LogP contribution in [0.25, 0.3) is 0 Å². The first kappa shape index (κ1) is 8.86. The van der Waals surface area contributed by atoms with Gasteiger partial charge in [-0.3, -0.25) is 0 Å². The smallest absolute Gasteiger partial charge is 0.310 e. The van der Waals surface area contributed by atoms with Crippen LogP contribution in [0, 0.1) is 6.08 Å². The second kappa shape index (κ2) is 4.61. The fraction of sp³-hybridized carbons (Fsp3) is 0.429. The zero-order valence-corrected chi connectivity index (χ0v) is 6.50. The lowest BCUT2D eigenvalue weighted by Gasteiger charge is -2.02. The molecule has 0 atom stereocenters. The van der Waals surface area contributed by atoms with Gasteiger partial charge in [0.1, 0.15) is 5.82 Å². The van der Waals surface area contributed by atoms with Crippen molar-refractivity contribution in [1.82, 2.24) is 9.97 Å². The minimum absolute atomic E-state index is 0.112. The molecule has 1 aromatic heterocycles. The first-order chi connectivity index (χ1) is 5.83. The minimum Gasteiger partial charge on any atom is -0.396 e. The normalized spacial score (nSPS) is 9.83. The lowest BCUT2D eigenvalue weighted by atomic mass is 10.4. The van der Waals surface area contributed by atoms with Crippen molar-refractivity contribution in [1.29, 1.82) is 0 Å². The number of hydrogen-bond acceptors (Lipinski definition) is 4. The Morgan fingerprint density at radius 2 is 2.42 bits per heavy atom. The molecule has 0 aliphatic heterocycles. The summed E-state index contributed by atoms with van der Waals surface area (Å²) >= 11 is 0. The van der Waals surface area contributed by atoms with Crippen LogP contribution in [0.1, 0.15) is 6.42 Å². The highest BCUT2D eigenvalue weighted by atomic mass is 19.1. The van der Waals surface area contributed by atoms with Crippen molar-refractivity contribution in [2.45, 2.75) is 6.42 Å². The predicted molar refractivity (Wildman–Crippen MR) is 42.2 cm³/mol. The summed E-state index contributed by atoms with van der Waals surface area (Å²) in [4.78, 5) is 6.78. The van der Waals surface area contributed by atoms with E-state index in [1.165, 1.54) is 6.20 Å². The molecule has 0 saturated heterocycles. The van der Waals surface area contributed by atoms with Crippen LogP contribution in [0.3, 0.4) is 0 Å². The standard InChI is InChI=1S/C7H10FN3O/c8-7-10-4-2-6(11-7)9-3-1-5-12/h2,4,12H,1,3,5H2,(H,9,10,11). The van der Waals surface area contributed by atoms with Crippen LogP contribution in [0.5, 0.6) is 0 Å². The fourth-order valence-electron chi connectivity index (χ4n) is 0.729. The molecule has 0 unspecified atom stereocenters. The van der Waals surface area contributed by atoms with Crippen LogP contribution in [0.4, 0.5) is 10.2 Å². The highest BCUT2D eigenvalue weighted by Crippen LogP contribution is 1.99. The van der Waals surface area contributed by atoms with Crippen molar-refractivity contribution in [2.24, 2.45) is 0 Å². The van der Waals surface area contributed by atoms with E-state index in [0.717, 1.165) is 0 Å². The van der Waals surface area contributed by atoms with E-state index < -0.39 is 6.08 Å². The Labute approximate surface area is 69.5 Å². The van der Waals surface area contributed by atoms with Crippen molar-refractivity contribution in [3.8, 4) is 0 Å². The van der Waals surface area contributed by atoms with Crippen LogP contribution in [-0.2, 0) is 0 Å². The lowest BCUT2D eigenvalue weighted by molar-refractivity contribution is 0.292. The maximum Gasteiger partial charge on any atom is 0.310 e. The number of nitrogens with zero attached hydrogens (tertiary/aromatic N) is 2. The Bertz CT molecular complexity index is 244. The van der Waals surface area contributed by atoms with Gasteiger partial charge in [-0.2, -0.15) is 9.37 Å². The molecule has 0 spiro atoms. The van der Waals surface area contributed by atoms with E-state index in [0.29, 0.717) is 18.8 Å². The molecule has 0 amide bonds. The van der Waals surface area contributed by atoms with E-state index in [-0.39, 0.29) is 6.61 Å². The molecule has 5 heteroatoms. The van der Waals surface area contributed by atoms with Gasteiger partial charge in [0.15, 0.2) is 0 Å². The third kappa shape index (κ3) is 2.79. The molecule has 1 rings (SSSR count). The van der Waals surface area contributed by atoms with Crippen molar-refractivity contribution >= 4 is 5.82 Å². The van der Waals surface area contributed by atoms with E-state index in [2.05, 4.69) is 15.3 Å². The monoisotopic (exact) mass is 171 g/mol. The zero-order valence-electron chi connectivity index (χ0n) is 6.50. The van der Waals surface area contributed by atoms with Gasteiger partial charge in [-0.05, 0) is 12.5 Å². The molecule has 0 radical (unpaired) electrons. The number of halogens is 1. The second-order valence-corrected chi connectivity index (χ2v) is 2.21. The summed E-state index contributed by atoms with van der Waals surface area (Å²) in [6, 6.07) is 1.57. The molecule has 1 aromatic rings. The lowest BCUT2D eigenvalue weighted by Crippen LogP contribution is -2.05. The number of anilines is 1. The van der Waals surface area contributed by atoms with Crippen LogP contribution in [-0.4, -0.2) is 28.2 Å². The van der Waals surface area contributed by atoms with Gasteiger partial charge in [-0.15, -0.1) is 0 Å². The summed E-state index contributed by atoms with van der Waals surface area (Å²) in [6.45, 7) is 0.688. The average Bonchev–Trinajstić information content (AvgIpc) is 2.05. The SMILES string of the molecule is OCCCNc1ccnc(F)n1. The molecule has 0 aliphatic carbocycles. The van der Waals surface area contributed by atoms with Crippen LogP contribution >= 0.6 is 0 Å². The van der Waals surface area contributed by atoms with Crippen molar-refractivity contribution < 1.29 is 9.50 Å². The van der Waals surface area contributed by atoms with Gasteiger partial charge in [0, 0.05) is 19.3 Å². The summed E-state index contributed by atoms with van der Waals surface area (Å²) in [5.41, 5.74) is 0. The van der Waals surface area contributed by atoms with Gasteiger partial charge in [0.2, 0.25) is 0 Å². The van der Waals surface area contributed by atoms with Gasteiger partial charge in [-0.25, -0.2) is 4.98 Å². The van der Waals surface area contributed by atoms with E-state index >= 15 is 0 Å². The van der Waals surface area contributed by atoms with Gasteiger partial charge in [0.25, 0.3) is 0 Å². The summed E-state index contributed by atoms with van der Waals surface area (Å²) in [6.07, 6.45) is 1.21. The number of aliphatic hydroxyl groups is 1. The Hall–Kier alpha value is -1.23. The number of nitrogens with one attached hydrogen (secondary N) is 1.